The van der Waals surface area contributed by atoms with Gasteiger partial charge in [-0.15, -0.1) is 0 Å². The van der Waals surface area contributed by atoms with Crippen LogP contribution in [0.5, 0.6) is 5.75 Å². The molecule has 1 aromatic rings. The fourth-order valence-electron chi connectivity index (χ4n) is 1.66. The Morgan fingerprint density at radius 3 is 2.47 bits per heavy atom. The van der Waals surface area contributed by atoms with Crippen LogP contribution >= 0.6 is 22.6 Å². The van der Waals surface area contributed by atoms with Crippen LogP contribution in [0.4, 0.5) is 0 Å². The fourth-order valence-corrected chi connectivity index (χ4v) is 2.20. The van der Waals surface area contributed by atoms with Crippen molar-refractivity contribution in [3.8, 4) is 5.75 Å². The van der Waals surface area contributed by atoms with Crippen LogP contribution in [-0.4, -0.2) is 23.0 Å². The van der Waals surface area contributed by atoms with Crippen molar-refractivity contribution in [2.75, 3.05) is 11.0 Å². The zero-order chi connectivity index (χ0) is 14.1. The molecule has 0 spiro atoms. The monoisotopic (exact) mass is 375 g/mol. The molecular weight excluding hydrogens is 353 g/mol. The number of unbranched alkanes of at least 4 members (excludes halogenated alkanes) is 2. The molecule has 1 amide bonds. The highest BCUT2D eigenvalue weighted by atomic mass is 127. The number of rotatable bonds is 8. The maximum atomic E-state index is 11.9. The quantitative estimate of drug-likeness (QED) is 0.426. The third kappa shape index (κ3) is 6.80. The lowest BCUT2D eigenvalue weighted by Crippen LogP contribution is -2.24. The van der Waals surface area contributed by atoms with E-state index in [1.807, 2.05) is 26.0 Å². The fraction of sp³-hybridized carbons (Fsp3) is 0.533. The summed E-state index contributed by atoms with van der Waals surface area (Å²) in [6, 6.07) is 7.28. The third-order valence-corrected chi connectivity index (χ3v) is 3.35. The first-order valence-electron chi connectivity index (χ1n) is 6.74. The van der Waals surface area contributed by atoms with Gasteiger partial charge in [-0.3, -0.25) is 4.79 Å². The maximum absolute atomic E-state index is 11.9. The van der Waals surface area contributed by atoms with Gasteiger partial charge in [0.15, 0.2) is 0 Å². The van der Waals surface area contributed by atoms with Crippen molar-refractivity contribution >= 4 is 28.5 Å². The molecule has 0 aliphatic heterocycles. The summed E-state index contributed by atoms with van der Waals surface area (Å²) in [5.74, 6) is 0.791. The topological polar surface area (TPSA) is 38.3 Å². The molecule has 4 heteroatoms. The summed E-state index contributed by atoms with van der Waals surface area (Å²) in [5.41, 5.74) is 0.685. The molecule has 1 aromatic carbocycles. The molecule has 1 rings (SSSR count). The van der Waals surface area contributed by atoms with Crippen molar-refractivity contribution in [3.05, 3.63) is 29.8 Å². The van der Waals surface area contributed by atoms with Crippen molar-refractivity contribution in [1.82, 2.24) is 5.32 Å². The minimum atomic E-state index is -0.00873. The van der Waals surface area contributed by atoms with Gasteiger partial charge in [-0.1, -0.05) is 29.0 Å². The Bertz CT molecular complexity index is 376. The smallest absolute Gasteiger partial charge is 0.251 e. The average Bonchev–Trinajstić information content (AvgIpc) is 2.38. The first-order valence-corrected chi connectivity index (χ1v) is 8.27. The molecule has 0 atom stereocenters. The summed E-state index contributed by atoms with van der Waals surface area (Å²) in [6.07, 6.45) is 3.59. The van der Waals surface area contributed by atoms with Crippen molar-refractivity contribution in [3.63, 3.8) is 0 Å². The number of carbonyl (C=O) groups is 1. The first-order chi connectivity index (χ1) is 9.13. The summed E-state index contributed by atoms with van der Waals surface area (Å²) in [4.78, 5) is 11.9. The van der Waals surface area contributed by atoms with Gasteiger partial charge in [0.25, 0.3) is 5.91 Å². The predicted molar refractivity (Wildman–Crippen MR) is 87.3 cm³/mol. The summed E-state index contributed by atoms with van der Waals surface area (Å²) in [5, 5.41) is 2.94. The van der Waals surface area contributed by atoms with Crippen LogP contribution in [0.15, 0.2) is 24.3 Å². The minimum Gasteiger partial charge on any atom is -0.491 e. The Balaban J connectivity index is 2.36. The standard InChI is InChI=1S/C15H22INO2/c1-12(2)19-14-8-6-13(7-9-14)15(18)17-11-5-3-4-10-16/h6-9,12H,3-5,10-11H2,1-2H3,(H,17,18). The zero-order valence-corrected chi connectivity index (χ0v) is 13.8. The van der Waals surface area contributed by atoms with Crippen molar-refractivity contribution in [2.24, 2.45) is 0 Å². The number of ether oxygens (including phenoxy) is 1. The Labute approximate surface area is 129 Å². The molecule has 0 radical (unpaired) electrons. The predicted octanol–water partition coefficient (Wildman–Crippen LogP) is 3.81. The van der Waals surface area contributed by atoms with Crippen molar-refractivity contribution in [2.45, 2.75) is 39.2 Å². The molecule has 0 unspecified atom stereocenters. The molecule has 19 heavy (non-hydrogen) atoms. The number of nitrogens with one attached hydrogen (secondary N) is 1. The molecule has 0 aliphatic rings. The second kappa shape index (κ2) is 9.18. The summed E-state index contributed by atoms with van der Waals surface area (Å²) in [6.45, 7) is 4.71. The summed E-state index contributed by atoms with van der Waals surface area (Å²) in [7, 11) is 0. The van der Waals surface area contributed by atoms with Crippen LogP contribution in [0.3, 0.4) is 0 Å². The minimum absolute atomic E-state index is 0.00873. The van der Waals surface area contributed by atoms with Crippen LogP contribution in [0.25, 0.3) is 0 Å². The largest absolute Gasteiger partial charge is 0.491 e. The van der Waals surface area contributed by atoms with E-state index in [2.05, 4.69) is 27.9 Å². The lowest BCUT2D eigenvalue weighted by Gasteiger charge is -2.10. The normalized spacial score (nSPS) is 10.5. The lowest BCUT2D eigenvalue weighted by molar-refractivity contribution is 0.0953. The number of carbonyl (C=O) groups excluding carboxylic acids is 1. The number of alkyl halides is 1. The van der Waals surface area contributed by atoms with E-state index in [-0.39, 0.29) is 12.0 Å². The van der Waals surface area contributed by atoms with E-state index in [0.717, 1.165) is 18.7 Å². The Morgan fingerprint density at radius 1 is 1.21 bits per heavy atom. The van der Waals surface area contributed by atoms with E-state index in [1.165, 1.54) is 17.3 Å². The molecule has 0 heterocycles. The van der Waals surface area contributed by atoms with E-state index in [9.17, 15) is 4.79 Å². The first kappa shape index (κ1) is 16.3. The molecular formula is C15H22INO2. The molecule has 1 N–H and O–H groups in total. The Hall–Kier alpha value is -0.780. The molecule has 0 fully saturated rings. The van der Waals surface area contributed by atoms with Crippen LogP contribution in [-0.2, 0) is 0 Å². The van der Waals surface area contributed by atoms with Gasteiger partial charge in [0.1, 0.15) is 5.75 Å². The number of hydrogen-bond donors (Lipinski definition) is 1. The molecule has 0 aromatic heterocycles. The zero-order valence-electron chi connectivity index (χ0n) is 11.6. The van der Waals surface area contributed by atoms with Gasteiger partial charge in [-0.2, -0.15) is 0 Å². The maximum Gasteiger partial charge on any atom is 0.251 e. The van der Waals surface area contributed by atoms with Gasteiger partial charge in [0, 0.05) is 12.1 Å². The van der Waals surface area contributed by atoms with Gasteiger partial charge < -0.3 is 10.1 Å². The second-order valence-electron chi connectivity index (χ2n) is 4.70. The third-order valence-electron chi connectivity index (χ3n) is 2.58. The van der Waals surface area contributed by atoms with Crippen LogP contribution in [0.2, 0.25) is 0 Å². The second-order valence-corrected chi connectivity index (χ2v) is 5.78. The number of halogens is 1. The number of amides is 1. The lowest BCUT2D eigenvalue weighted by atomic mass is 10.2. The molecule has 0 saturated carbocycles. The van der Waals surface area contributed by atoms with E-state index in [1.54, 1.807) is 12.1 Å². The molecule has 0 saturated heterocycles. The van der Waals surface area contributed by atoms with E-state index >= 15 is 0 Å². The Kier molecular flexibility index (Phi) is 7.86. The van der Waals surface area contributed by atoms with Crippen LogP contribution in [0.1, 0.15) is 43.5 Å². The molecule has 3 nitrogen and oxygen atoms in total. The van der Waals surface area contributed by atoms with Gasteiger partial charge in [0.05, 0.1) is 6.10 Å². The highest BCUT2D eigenvalue weighted by Crippen LogP contribution is 2.13. The van der Waals surface area contributed by atoms with Crippen LogP contribution in [0, 0.1) is 0 Å². The van der Waals surface area contributed by atoms with Crippen LogP contribution < -0.4 is 10.1 Å². The molecule has 106 valence electrons. The van der Waals surface area contributed by atoms with E-state index < -0.39 is 0 Å². The van der Waals surface area contributed by atoms with Gasteiger partial charge in [-0.25, -0.2) is 0 Å². The van der Waals surface area contributed by atoms with Gasteiger partial charge in [0.2, 0.25) is 0 Å². The van der Waals surface area contributed by atoms with E-state index in [4.69, 9.17) is 4.74 Å². The van der Waals surface area contributed by atoms with Gasteiger partial charge >= 0.3 is 0 Å². The van der Waals surface area contributed by atoms with Crippen molar-refractivity contribution < 1.29 is 9.53 Å². The van der Waals surface area contributed by atoms with Gasteiger partial charge in [-0.05, 0) is 55.4 Å². The number of hydrogen-bond acceptors (Lipinski definition) is 2. The highest BCUT2D eigenvalue weighted by molar-refractivity contribution is 14.1. The summed E-state index contributed by atoms with van der Waals surface area (Å²) >= 11 is 2.37. The Morgan fingerprint density at radius 2 is 1.89 bits per heavy atom. The summed E-state index contributed by atoms with van der Waals surface area (Å²) < 4.78 is 6.73. The SMILES string of the molecule is CC(C)Oc1ccc(C(=O)NCCCCCI)cc1. The molecule has 0 aliphatic carbocycles. The average molecular weight is 375 g/mol. The number of benzene rings is 1. The van der Waals surface area contributed by atoms with Crippen molar-refractivity contribution in [1.29, 1.82) is 0 Å². The molecule has 0 bridgehead atoms. The highest BCUT2D eigenvalue weighted by Gasteiger charge is 2.05. The van der Waals surface area contributed by atoms with E-state index in [0.29, 0.717) is 5.56 Å².